The van der Waals surface area contributed by atoms with Crippen LogP contribution >= 0.6 is 0 Å². The molecule has 0 saturated carbocycles. The highest BCUT2D eigenvalue weighted by atomic mass is 16.3. The van der Waals surface area contributed by atoms with E-state index in [1.807, 2.05) is 97.1 Å². The van der Waals surface area contributed by atoms with Gasteiger partial charge in [-0.2, -0.15) is 0 Å². The van der Waals surface area contributed by atoms with Gasteiger partial charge in [0.15, 0.2) is 11.6 Å². The summed E-state index contributed by atoms with van der Waals surface area (Å²) in [6.45, 7) is 4.71. The molecular formula is C117H72N6O2. The normalized spacial score (nSPS) is 12.5. The molecule has 0 bridgehead atoms. The summed E-state index contributed by atoms with van der Waals surface area (Å²) in [5.74, 6) is 1.48. The van der Waals surface area contributed by atoms with Crippen molar-refractivity contribution in [1.29, 1.82) is 0 Å². The van der Waals surface area contributed by atoms with E-state index in [0.29, 0.717) is 0 Å². The topological polar surface area (TPSA) is 104 Å². The van der Waals surface area contributed by atoms with Crippen LogP contribution in [0.1, 0.15) is 25.0 Å². The molecule has 26 aromatic rings. The summed E-state index contributed by atoms with van der Waals surface area (Å²) >= 11 is 0. The third-order valence-electron chi connectivity index (χ3n) is 25.9. The fraction of sp³-hybridized carbons (Fsp3) is 0.0256. The maximum atomic E-state index is 6.19. The quantitative estimate of drug-likeness (QED) is 0.152. The zero-order chi connectivity index (χ0) is 82.5. The van der Waals surface area contributed by atoms with Crippen LogP contribution in [0.4, 0.5) is 0 Å². The zero-order valence-electron chi connectivity index (χ0n) is 68.1. The van der Waals surface area contributed by atoms with Crippen molar-refractivity contribution in [1.82, 2.24) is 29.9 Å². The van der Waals surface area contributed by atoms with Crippen molar-refractivity contribution in [3.63, 3.8) is 0 Å². The Hall–Kier alpha value is -16.4. The Kier molecular flexibility index (Phi) is 16.2. The largest absolute Gasteiger partial charge is 0.456 e. The standard InChI is InChI=1S/C41H28N2.2C38H22N2O/c1-41(2)35-14-8-6-12-31(35)34-23-28-19-17-25-16-18-27-22-29(20-21-30(27)38(25)33(28)24-36(34)41)40-42-37-15-9-7-13-32(37)39(43-40)26-10-4-3-5-11-26;1-2-8-24(9-3-1)37-38(40-33-12-6-5-11-32(33)39-37)27-18-19-28-25(20-27)16-14-23-15-17-26-21-35-31(22-30(26)36(23)28)29-10-4-7-13-34(29)41-35;1-2-8-24(9-3-1)37-30-11-4-6-12-33(30)39-38(40-37)27-18-19-28-25(20-27)16-14-23-15-17-26-21-35-32(22-31(26)36(23)28)29-10-5-7-13-34(29)41-35/h3-24H,1-2H3;2*1-22H. The summed E-state index contributed by atoms with van der Waals surface area (Å²) in [5, 5.41) is 28.8. The molecule has 0 atom stereocenters. The van der Waals surface area contributed by atoms with E-state index in [1.54, 1.807) is 0 Å². The first-order chi connectivity index (χ1) is 61.7. The Labute approximate surface area is 717 Å². The fourth-order valence-electron chi connectivity index (χ4n) is 19.8. The van der Waals surface area contributed by atoms with Gasteiger partial charge in [0.05, 0.1) is 44.8 Å². The van der Waals surface area contributed by atoms with Gasteiger partial charge < -0.3 is 8.83 Å². The minimum absolute atomic E-state index is 0.0378. The second kappa shape index (κ2) is 28.4. The van der Waals surface area contributed by atoms with Gasteiger partial charge in [-0.1, -0.05) is 323 Å². The van der Waals surface area contributed by atoms with Crippen LogP contribution in [0.3, 0.4) is 0 Å². The third kappa shape index (κ3) is 11.8. The molecule has 125 heavy (non-hydrogen) atoms. The van der Waals surface area contributed by atoms with Crippen LogP contribution in [-0.4, -0.2) is 29.9 Å². The van der Waals surface area contributed by atoms with Gasteiger partial charge in [0.2, 0.25) is 0 Å². The fourth-order valence-corrected chi connectivity index (χ4v) is 19.8. The van der Waals surface area contributed by atoms with Gasteiger partial charge >= 0.3 is 0 Å². The Morgan fingerprint density at radius 3 is 0.992 bits per heavy atom. The van der Waals surface area contributed by atoms with Crippen molar-refractivity contribution in [2.45, 2.75) is 19.3 Å². The molecule has 8 heteroatoms. The van der Waals surface area contributed by atoms with Crippen molar-refractivity contribution in [3.05, 3.63) is 412 Å². The molecule has 1 aliphatic carbocycles. The van der Waals surface area contributed by atoms with E-state index < -0.39 is 0 Å². The predicted molar refractivity (Wildman–Crippen MR) is 521 cm³/mol. The molecular weight excluding hydrogens is 1520 g/mol. The van der Waals surface area contributed by atoms with E-state index >= 15 is 0 Å². The lowest BCUT2D eigenvalue weighted by molar-refractivity contribution is 0.661. The molecule has 5 aromatic heterocycles. The number of para-hydroxylation sites is 6. The summed E-state index contributed by atoms with van der Waals surface area (Å²) in [6, 6.07) is 142. The molecule has 8 nitrogen and oxygen atoms in total. The maximum absolute atomic E-state index is 6.19. The molecule has 0 spiro atoms. The van der Waals surface area contributed by atoms with Crippen molar-refractivity contribution in [2.24, 2.45) is 0 Å². The van der Waals surface area contributed by atoms with Crippen LogP contribution in [0.5, 0.6) is 0 Å². The molecule has 0 unspecified atom stereocenters. The van der Waals surface area contributed by atoms with Crippen molar-refractivity contribution >= 4 is 174 Å². The average Bonchev–Trinajstić information content (AvgIpc) is 1.50. The van der Waals surface area contributed by atoms with Crippen molar-refractivity contribution in [3.8, 4) is 78.9 Å². The lowest BCUT2D eigenvalue weighted by Crippen LogP contribution is -2.14. The minimum Gasteiger partial charge on any atom is -0.456 e. The SMILES string of the molecule is CC1(C)c2ccccc2-c2cc3ccc4ccc5cc(-c6nc(-c7ccccc7)c7ccccc7n6)ccc5c4c3cc21.c1ccc(-c2nc(-c3ccc4c(ccc5ccc6cc7oc8ccccc8c7cc6c54)c3)nc3ccccc23)cc1.c1ccc(-c2nc3ccccc3nc2-c2ccc3c(ccc4ccc5cc6oc7ccccc7c6cc5c43)c2)cc1. The van der Waals surface area contributed by atoms with Gasteiger partial charge in [0.25, 0.3) is 0 Å². The summed E-state index contributed by atoms with van der Waals surface area (Å²) in [4.78, 5) is 30.4. The second-order valence-corrected chi connectivity index (χ2v) is 33.5. The molecule has 5 heterocycles. The highest BCUT2D eigenvalue weighted by molar-refractivity contribution is 6.27. The number of nitrogens with zero attached hydrogens (tertiary/aromatic N) is 6. The van der Waals surface area contributed by atoms with Gasteiger partial charge in [-0.05, 0) is 210 Å². The van der Waals surface area contributed by atoms with Crippen LogP contribution < -0.4 is 0 Å². The van der Waals surface area contributed by atoms with Crippen LogP contribution in [0, 0.1) is 0 Å². The molecule has 0 fully saturated rings. The first kappa shape index (κ1) is 71.5. The Bertz CT molecular complexity index is 9030. The first-order valence-corrected chi connectivity index (χ1v) is 42.6. The number of furan rings is 2. The molecule has 27 rings (SSSR count). The highest BCUT2D eigenvalue weighted by Gasteiger charge is 2.36. The lowest BCUT2D eigenvalue weighted by Gasteiger charge is -2.22. The van der Waals surface area contributed by atoms with Crippen LogP contribution in [-0.2, 0) is 5.41 Å². The number of aromatic nitrogens is 6. The zero-order valence-corrected chi connectivity index (χ0v) is 68.1. The van der Waals surface area contributed by atoms with Crippen LogP contribution in [0.2, 0.25) is 0 Å². The number of hydrogen-bond donors (Lipinski definition) is 0. The van der Waals surface area contributed by atoms with E-state index in [9.17, 15) is 0 Å². The van der Waals surface area contributed by atoms with Gasteiger partial charge in [-0.25, -0.2) is 29.9 Å². The molecule has 0 N–H and O–H groups in total. The van der Waals surface area contributed by atoms with E-state index in [2.05, 4.69) is 317 Å². The molecule has 1 aliphatic rings. The van der Waals surface area contributed by atoms with Gasteiger partial charge in [0, 0.05) is 71.1 Å². The summed E-state index contributed by atoms with van der Waals surface area (Å²) in [5.41, 5.74) is 22.9. The Morgan fingerprint density at radius 1 is 0.184 bits per heavy atom. The van der Waals surface area contributed by atoms with Gasteiger partial charge in [-0.3, -0.25) is 0 Å². The predicted octanol–water partition coefficient (Wildman–Crippen LogP) is 31.4. The van der Waals surface area contributed by atoms with E-state index in [0.717, 1.165) is 150 Å². The van der Waals surface area contributed by atoms with Crippen LogP contribution in [0.25, 0.3) is 253 Å². The number of hydrogen-bond acceptors (Lipinski definition) is 8. The van der Waals surface area contributed by atoms with E-state index in [4.69, 9.17) is 38.7 Å². The average molecular weight is 1590 g/mol. The van der Waals surface area contributed by atoms with Gasteiger partial charge in [0.1, 0.15) is 22.3 Å². The Balaban J connectivity index is 0.000000103. The molecule has 582 valence electrons. The molecule has 0 amide bonds. The van der Waals surface area contributed by atoms with Crippen LogP contribution in [0.15, 0.2) is 409 Å². The molecule has 0 radical (unpaired) electrons. The van der Waals surface area contributed by atoms with Gasteiger partial charge in [-0.15, -0.1) is 0 Å². The number of benzene rings is 21. The molecule has 21 aromatic carbocycles. The number of fused-ring (bicyclic) bond motifs is 27. The molecule has 0 saturated heterocycles. The van der Waals surface area contributed by atoms with Crippen molar-refractivity contribution < 1.29 is 8.83 Å². The smallest absolute Gasteiger partial charge is 0.160 e. The summed E-state index contributed by atoms with van der Waals surface area (Å²) in [6.07, 6.45) is 0. The highest BCUT2D eigenvalue weighted by Crippen LogP contribution is 2.52. The van der Waals surface area contributed by atoms with E-state index in [1.165, 1.54) is 114 Å². The second-order valence-electron chi connectivity index (χ2n) is 33.5. The molecule has 0 aliphatic heterocycles. The summed E-state index contributed by atoms with van der Waals surface area (Å²) in [7, 11) is 0. The minimum atomic E-state index is -0.0378. The first-order valence-electron chi connectivity index (χ1n) is 42.6. The third-order valence-corrected chi connectivity index (χ3v) is 25.9. The van der Waals surface area contributed by atoms with Crippen molar-refractivity contribution in [2.75, 3.05) is 0 Å². The lowest BCUT2D eigenvalue weighted by atomic mass is 9.81. The van der Waals surface area contributed by atoms with E-state index in [-0.39, 0.29) is 5.41 Å². The Morgan fingerprint density at radius 2 is 0.528 bits per heavy atom. The summed E-state index contributed by atoms with van der Waals surface area (Å²) < 4.78 is 12.4. The number of rotatable bonds is 6. The monoisotopic (exact) mass is 1590 g/mol. The maximum Gasteiger partial charge on any atom is 0.160 e.